The van der Waals surface area contributed by atoms with E-state index in [-0.39, 0.29) is 11.9 Å². The minimum atomic E-state index is -0.209. The molecule has 0 atom stereocenters. The maximum absolute atomic E-state index is 12.0. The topological polar surface area (TPSA) is 49.9 Å². The van der Waals surface area contributed by atoms with Crippen molar-refractivity contribution in [3.05, 3.63) is 22.4 Å². The quantitative estimate of drug-likeness (QED) is 0.684. The molecule has 0 saturated heterocycles. The van der Waals surface area contributed by atoms with Crippen LogP contribution in [0, 0.1) is 0 Å². The summed E-state index contributed by atoms with van der Waals surface area (Å²) in [6.07, 6.45) is 1.09. The molecule has 0 fully saturated rings. The van der Waals surface area contributed by atoms with Gasteiger partial charge in [-0.3, -0.25) is 14.5 Å². The highest BCUT2D eigenvalue weighted by molar-refractivity contribution is 7.09. The Morgan fingerprint density at radius 1 is 1.35 bits per heavy atom. The molecule has 0 unspecified atom stereocenters. The van der Waals surface area contributed by atoms with Gasteiger partial charge in [-0.05, 0) is 31.5 Å². The molecule has 0 radical (unpaired) electrons. The molecular weight excluding hydrogens is 276 g/mol. The molecule has 112 valence electrons. The molecule has 1 amide bonds. The summed E-state index contributed by atoms with van der Waals surface area (Å²) in [5.41, 5.74) is 0. The van der Waals surface area contributed by atoms with E-state index in [9.17, 15) is 9.59 Å². The van der Waals surface area contributed by atoms with Gasteiger partial charge in [0.2, 0.25) is 5.91 Å². The summed E-state index contributed by atoms with van der Waals surface area (Å²) in [6.45, 7) is 1.71. The van der Waals surface area contributed by atoms with Crippen LogP contribution in [0.1, 0.15) is 17.7 Å². The van der Waals surface area contributed by atoms with Crippen LogP contribution in [-0.4, -0.2) is 56.0 Å². The predicted octanol–water partition coefficient (Wildman–Crippen LogP) is 1.59. The van der Waals surface area contributed by atoms with Crippen LogP contribution in [0.4, 0.5) is 0 Å². The van der Waals surface area contributed by atoms with E-state index < -0.39 is 0 Å². The first-order valence-electron chi connectivity index (χ1n) is 6.54. The summed E-state index contributed by atoms with van der Waals surface area (Å²) >= 11 is 1.65. The number of likely N-dealkylation sites (N-methyl/N-ethyl adjacent to an activating group) is 2. The lowest BCUT2D eigenvalue weighted by Gasteiger charge is -2.21. The highest BCUT2D eigenvalue weighted by atomic mass is 32.1. The minimum Gasteiger partial charge on any atom is -0.469 e. The fourth-order valence-electron chi connectivity index (χ4n) is 1.75. The van der Waals surface area contributed by atoms with Crippen LogP contribution in [0.5, 0.6) is 0 Å². The number of methoxy groups -OCH3 is 1. The van der Waals surface area contributed by atoms with Gasteiger partial charge < -0.3 is 9.64 Å². The average Bonchev–Trinajstić information content (AvgIpc) is 2.91. The maximum Gasteiger partial charge on any atom is 0.305 e. The number of nitrogens with zero attached hydrogens (tertiary/aromatic N) is 2. The van der Waals surface area contributed by atoms with E-state index in [0.29, 0.717) is 32.5 Å². The monoisotopic (exact) mass is 298 g/mol. The second kappa shape index (κ2) is 8.71. The molecule has 6 heteroatoms. The lowest BCUT2D eigenvalue weighted by Crippen LogP contribution is -2.36. The third-order valence-corrected chi connectivity index (χ3v) is 3.81. The Kier molecular flexibility index (Phi) is 7.25. The van der Waals surface area contributed by atoms with Gasteiger partial charge in [0.15, 0.2) is 0 Å². The van der Waals surface area contributed by atoms with Crippen molar-refractivity contribution in [2.24, 2.45) is 0 Å². The van der Waals surface area contributed by atoms with Crippen LogP contribution >= 0.6 is 11.3 Å². The van der Waals surface area contributed by atoms with Crippen molar-refractivity contribution >= 4 is 23.2 Å². The van der Waals surface area contributed by atoms with Gasteiger partial charge in [0.05, 0.1) is 20.2 Å². The fraction of sp³-hybridized carbons (Fsp3) is 0.571. The van der Waals surface area contributed by atoms with Gasteiger partial charge in [0.25, 0.3) is 0 Å². The van der Waals surface area contributed by atoms with Gasteiger partial charge in [-0.2, -0.15) is 0 Å². The zero-order valence-electron chi connectivity index (χ0n) is 12.3. The Balaban J connectivity index is 2.24. The zero-order chi connectivity index (χ0) is 15.0. The number of esters is 1. The first-order chi connectivity index (χ1) is 9.52. The molecule has 5 nitrogen and oxygen atoms in total. The minimum absolute atomic E-state index is 0.0824. The summed E-state index contributed by atoms with van der Waals surface area (Å²) in [5, 5.41) is 2.01. The lowest BCUT2D eigenvalue weighted by atomic mass is 10.3. The summed E-state index contributed by atoms with van der Waals surface area (Å²) in [6, 6.07) is 4.01. The maximum atomic E-state index is 12.0. The average molecular weight is 298 g/mol. The molecule has 0 bridgehead atoms. The summed E-state index contributed by atoms with van der Waals surface area (Å²) < 4.78 is 4.58. The summed E-state index contributed by atoms with van der Waals surface area (Å²) in [7, 11) is 5.08. The molecule has 1 aromatic heterocycles. The second-order valence-electron chi connectivity index (χ2n) is 4.75. The molecule has 0 aromatic carbocycles. The third-order valence-electron chi connectivity index (χ3n) is 2.95. The van der Waals surface area contributed by atoms with Gasteiger partial charge in [0, 0.05) is 18.3 Å². The van der Waals surface area contributed by atoms with Crippen molar-refractivity contribution in [3.8, 4) is 0 Å². The molecular formula is C14H22N2O3S. The number of carbonyl (C=O) groups excluding carboxylic acids is 2. The smallest absolute Gasteiger partial charge is 0.305 e. The number of thiophene rings is 1. The molecule has 1 heterocycles. The largest absolute Gasteiger partial charge is 0.469 e. The molecule has 0 aliphatic rings. The Morgan fingerprint density at radius 2 is 2.10 bits per heavy atom. The van der Waals surface area contributed by atoms with E-state index in [1.54, 1.807) is 16.2 Å². The highest BCUT2D eigenvalue weighted by Crippen LogP contribution is 2.10. The molecule has 20 heavy (non-hydrogen) atoms. The van der Waals surface area contributed by atoms with Crippen molar-refractivity contribution in [1.29, 1.82) is 0 Å². The summed E-state index contributed by atoms with van der Waals surface area (Å²) in [4.78, 5) is 27.8. The second-order valence-corrected chi connectivity index (χ2v) is 5.78. The SMILES string of the molecule is COC(=O)CCCN(C)CC(=O)N(C)Cc1cccs1. The van der Waals surface area contributed by atoms with Crippen LogP contribution in [-0.2, 0) is 20.9 Å². The number of amides is 1. The molecule has 0 N–H and O–H groups in total. The van der Waals surface area contributed by atoms with Gasteiger partial charge in [-0.25, -0.2) is 0 Å². The molecule has 1 aromatic rings. The van der Waals surface area contributed by atoms with Gasteiger partial charge in [-0.15, -0.1) is 11.3 Å². The molecule has 0 aliphatic carbocycles. The first-order valence-corrected chi connectivity index (χ1v) is 7.42. The van der Waals surface area contributed by atoms with E-state index >= 15 is 0 Å². The number of carbonyl (C=O) groups is 2. The van der Waals surface area contributed by atoms with Crippen molar-refractivity contribution in [2.75, 3.05) is 34.3 Å². The van der Waals surface area contributed by atoms with Gasteiger partial charge in [0.1, 0.15) is 0 Å². The van der Waals surface area contributed by atoms with E-state index in [4.69, 9.17) is 0 Å². The normalized spacial score (nSPS) is 10.6. The molecule has 0 spiro atoms. The van der Waals surface area contributed by atoms with Crippen LogP contribution in [0.15, 0.2) is 17.5 Å². The molecule has 0 saturated carbocycles. The number of hydrogen-bond acceptors (Lipinski definition) is 5. The Bertz CT molecular complexity index is 420. The fourth-order valence-corrected chi connectivity index (χ4v) is 2.51. The lowest BCUT2D eigenvalue weighted by molar-refractivity contribution is -0.140. The van der Waals surface area contributed by atoms with Crippen molar-refractivity contribution in [2.45, 2.75) is 19.4 Å². The number of hydrogen-bond donors (Lipinski definition) is 0. The van der Waals surface area contributed by atoms with Crippen molar-refractivity contribution in [3.63, 3.8) is 0 Å². The Morgan fingerprint density at radius 3 is 2.70 bits per heavy atom. The van der Waals surface area contributed by atoms with E-state index in [0.717, 1.165) is 0 Å². The van der Waals surface area contributed by atoms with E-state index in [1.165, 1.54) is 12.0 Å². The van der Waals surface area contributed by atoms with Gasteiger partial charge in [-0.1, -0.05) is 6.07 Å². The van der Waals surface area contributed by atoms with Gasteiger partial charge >= 0.3 is 5.97 Å². The summed E-state index contributed by atoms with van der Waals surface area (Å²) in [5.74, 6) is -0.126. The number of ether oxygens (including phenoxy) is 1. The van der Waals surface area contributed by atoms with E-state index in [2.05, 4.69) is 4.74 Å². The first kappa shape index (κ1) is 16.7. The van der Waals surface area contributed by atoms with Crippen LogP contribution in [0.3, 0.4) is 0 Å². The van der Waals surface area contributed by atoms with Crippen LogP contribution in [0.2, 0.25) is 0 Å². The van der Waals surface area contributed by atoms with Crippen molar-refractivity contribution in [1.82, 2.24) is 9.80 Å². The van der Waals surface area contributed by atoms with Crippen molar-refractivity contribution < 1.29 is 14.3 Å². The Labute approximate surface area is 124 Å². The third kappa shape index (κ3) is 6.16. The zero-order valence-corrected chi connectivity index (χ0v) is 13.1. The van der Waals surface area contributed by atoms with E-state index in [1.807, 2.05) is 36.5 Å². The highest BCUT2D eigenvalue weighted by Gasteiger charge is 2.12. The Hall–Kier alpha value is -1.40. The van der Waals surface area contributed by atoms with Crippen LogP contribution in [0.25, 0.3) is 0 Å². The number of rotatable bonds is 8. The molecule has 1 rings (SSSR count). The predicted molar refractivity (Wildman–Crippen MR) is 79.5 cm³/mol. The standard InChI is InChI=1S/C14H22N2O3S/c1-15(8-4-7-14(18)19-3)11-13(17)16(2)10-12-6-5-9-20-12/h5-6,9H,4,7-8,10-11H2,1-3H3. The van der Waals surface area contributed by atoms with Crippen LogP contribution < -0.4 is 0 Å². The molecule has 0 aliphatic heterocycles.